The van der Waals surface area contributed by atoms with Crippen LogP contribution in [0.25, 0.3) is 0 Å². The van der Waals surface area contributed by atoms with Crippen molar-refractivity contribution in [2.45, 2.75) is 18.9 Å². The van der Waals surface area contributed by atoms with Gasteiger partial charge in [-0.1, -0.05) is 0 Å². The first-order chi connectivity index (χ1) is 7.75. The van der Waals surface area contributed by atoms with Gasteiger partial charge in [0.2, 0.25) is 0 Å². The fraction of sp³-hybridized carbons (Fsp3) is 0.250. The summed E-state index contributed by atoms with van der Waals surface area (Å²) in [6, 6.07) is 4.87. The van der Waals surface area contributed by atoms with Gasteiger partial charge in [-0.25, -0.2) is 4.39 Å². The van der Waals surface area contributed by atoms with Crippen molar-refractivity contribution in [1.82, 2.24) is 4.98 Å². The van der Waals surface area contributed by atoms with Crippen LogP contribution in [0.4, 0.5) is 4.39 Å². The van der Waals surface area contributed by atoms with Gasteiger partial charge in [0.15, 0.2) is 0 Å². The lowest BCUT2D eigenvalue weighted by Gasteiger charge is -2.08. The van der Waals surface area contributed by atoms with Crippen LogP contribution in [0.15, 0.2) is 35.2 Å². The van der Waals surface area contributed by atoms with Crippen molar-refractivity contribution in [3.05, 3.63) is 52.2 Å². The maximum atomic E-state index is 12.6. The average Bonchev–Trinajstić information content (AvgIpc) is 2.80. The number of aryl methyl sites for hydroxylation is 1. The SMILES string of the molecule is OC(CCc1ccsc1)c1ccc(F)cn1. The van der Waals surface area contributed by atoms with Gasteiger partial charge in [-0.3, -0.25) is 4.98 Å². The number of aliphatic hydroxyl groups excluding tert-OH is 1. The topological polar surface area (TPSA) is 33.1 Å². The maximum absolute atomic E-state index is 12.6. The normalized spacial score (nSPS) is 12.6. The Morgan fingerprint density at radius 2 is 2.25 bits per heavy atom. The number of nitrogens with zero attached hydrogens (tertiary/aromatic N) is 1. The fourth-order valence-electron chi connectivity index (χ4n) is 1.47. The Balaban J connectivity index is 1.93. The summed E-state index contributed by atoms with van der Waals surface area (Å²) in [5.74, 6) is -0.381. The largest absolute Gasteiger partial charge is 0.387 e. The number of aliphatic hydroxyl groups is 1. The van der Waals surface area contributed by atoms with Crippen LogP contribution in [0, 0.1) is 5.82 Å². The van der Waals surface area contributed by atoms with Crippen molar-refractivity contribution < 1.29 is 9.50 Å². The second-order valence-electron chi connectivity index (χ2n) is 3.59. The lowest BCUT2D eigenvalue weighted by molar-refractivity contribution is 0.163. The van der Waals surface area contributed by atoms with E-state index < -0.39 is 6.10 Å². The summed E-state index contributed by atoms with van der Waals surface area (Å²) in [6.45, 7) is 0. The number of halogens is 1. The van der Waals surface area contributed by atoms with E-state index in [1.165, 1.54) is 17.7 Å². The van der Waals surface area contributed by atoms with Gasteiger partial charge in [-0.05, 0) is 47.4 Å². The minimum atomic E-state index is -0.625. The molecule has 0 fully saturated rings. The van der Waals surface area contributed by atoms with Crippen LogP contribution < -0.4 is 0 Å². The molecule has 0 saturated carbocycles. The number of hydrogen-bond acceptors (Lipinski definition) is 3. The van der Waals surface area contributed by atoms with E-state index in [2.05, 4.69) is 10.4 Å². The second kappa shape index (κ2) is 5.18. The van der Waals surface area contributed by atoms with E-state index >= 15 is 0 Å². The van der Waals surface area contributed by atoms with Gasteiger partial charge in [0, 0.05) is 0 Å². The first-order valence-corrected chi connectivity index (χ1v) is 6.00. The third-order valence-electron chi connectivity index (χ3n) is 2.38. The molecule has 16 heavy (non-hydrogen) atoms. The number of hydrogen-bond donors (Lipinski definition) is 1. The summed E-state index contributed by atoms with van der Waals surface area (Å²) in [5.41, 5.74) is 1.74. The minimum Gasteiger partial charge on any atom is -0.387 e. The molecular weight excluding hydrogens is 225 g/mol. The number of aromatic nitrogens is 1. The Kier molecular flexibility index (Phi) is 3.64. The predicted octanol–water partition coefficient (Wildman–Crippen LogP) is 2.95. The Hall–Kier alpha value is -1.26. The van der Waals surface area contributed by atoms with E-state index in [-0.39, 0.29) is 5.82 Å². The molecule has 4 heteroatoms. The van der Waals surface area contributed by atoms with E-state index in [1.807, 2.05) is 11.4 Å². The molecule has 0 spiro atoms. The molecule has 0 aliphatic carbocycles. The molecule has 0 aliphatic heterocycles. The molecule has 0 aromatic carbocycles. The van der Waals surface area contributed by atoms with Gasteiger partial charge in [-0.15, -0.1) is 0 Å². The summed E-state index contributed by atoms with van der Waals surface area (Å²) in [6.07, 6.45) is 1.92. The lowest BCUT2D eigenvalue weighted by Crippen LogP contribution is -2.01. The van der Waals surface area contributed by atoms with Crippen LogP contribution in [0.5, 0.6) is 0 Å². The molecule has 84 valence electrons. The highest BCUT2D eigenvalue weighted by Gasteiger charge is 2.09. The molecule has 0 radical (unpaired) electrons. The van der Waals surface area contributed by atoms with Gasteiger partial charge in [0.05, 0.1) is 18.0 Å². The van der Waals surface area contributed by atoms with Crippen molar-refractivity contribution in [2.24, 2.45) is 0 Å². The van der Waals surface area contributed by atoms with Crippen LogP contribution in [-0.2, 0) is 6.42 Å². The van der Waals surface area contributed by atoms with E-state index in [4.69, 9.17) is 0 Å². The van der Waals surface area contributed by atoms with Gasteiger partial charge >= 0.3 is 0 Å². The van der Waals surface area contributed by atoms with E-state index in [0.29, 0.717) is 12.1 Å². The molecule has 2 rings (SSSR count). The highest BCUT2D eigenvalue weighted by Crippen LogP contribution is 2.18. The zero-order chi connectivity index (χ0) is 11.4. The highest BCUT2D eigenvalue weighted by atomic mass is 32.1. The lowest BCUT2D eigenvalue weighted by atomic mass is 10.1. The van der Waals surface area contributed by atoms with Crippen molar-refractivity contribution in [2.75, 3.05) is 0 Å². The van der Waals surface area contributed by atoms with Gasteiger partial charge in [0.1, 0.15) is 5.82 Å². The Morgan fingerprint density at radius 3 is 2.88 bits per heavy atom. The highest BCUT2D eigenvalue weighted by molar-refractivity contribution is 7.07. The first kappa shape index (κ1) is 11.2. The monoisotopic (exact) mass is 237 g/mol. The van der Waals surface area contributed by atoms with Gasteiger partial charge in [0.25, 0.3) is 0 Å². The molecule has 0 aliphatic rings. The summed E-state index contributed by atoms with van der Waals surface area (Å²) < 4.78 is 12.6. The Labute approximate surface area is 97.4 Å². The summed E-state index contributed by atoms with van der Waals surface area (Å²) in [7, 11) is 0. The maximum Gasteiger partial charge on any atom is 0.141 e. The van der Waals surface area contributed by atoms with E-state index in [1.54, 1.807) is 11.3 Å². The number of thiophene rings is 1. The van der Waals surface area contributed by atoms with Gasteiger partial charge in [-0.2, -0.15) is 11.3 Å². The van der Waals surface area contributed by atoms with Crippen molar-refractivity contribution >= 4 is 11.3 Å². The van der Waals surface area contributed by atoms with Gasteiger partial charge < -0.3 is 5.11 Å². The minimum absolute atomic E-state index is 0.381. The molecule has 0 saturated heterocycles. The molecule has 0 bridgehead atoms. The standard InChI is InChI=1S/C12H12FNOS/c13-10-2-3-11(14-7-10)12(15)4-1-9-5-6-16-8-9/h2-3,5-8,12,15H,1,4H2. The summed E-state index contributed by atoms with van der Waals surface area (Å²) in [4.78, 5) is 3.86. The summed E-state index contributed by atoms with van der Waals surface area (Å²) >= 11 is 1.64. The van der Waals surface area contributed by atoms with Crippen LogP contribution >= 0.6 is 11.3 Å². The summed E-state index contributed by atoms with van der Waals surface area (Å²) in [5, 5.41) is 13.9. The third-order valence-corrected chi connectivity index (χ3v) is 3.11. The zero-order valence-corrected chi connectivity index (χ0v) is 9.45. The van der Waals surface area contributed by atoms with Crippen molar-refractivity contribution in [3.8, 4) is 0 Å². The molecule has 1 N–H and O–H groups in total. The first-order valence-electron chi connectivity index (χ1n) is 5.06. The zero-order valence-electron chi connectivity index (χ0n) is 8.64. The molecule has 2 aromatic rings. The van der Waals surface area contributed by atoms with Crippen molar-refractivity contribution in [1.29, 1.82) is 0 Å². The molecular formula is C12H12FNOS. The quantitative estimate of drug-likeness (QED) is 0.886. The molecule has 2 aromatic heterocycles. The van der Waals surface area contributed by atoms with E-state index in [0.717, 1.165) is 12.6 Å². The van der Waals surface area contributed by atoms with Crippen LogP contribution in [-0.4, -0.2) is 10.1 Å². The molecule has 0 amide bonds. The van der Waals surface area contributed by atoms with Crippen LogP contribution in [0.1, 0.15) is 23.8 Å². The van der Waals surface area contributed by atoms with Crippen molar-refractivity contribution in [3.63, 3.8) is 0 Å². The molecule has 1 atom stereocenters. The fourth-order valence-corrected chi connectivity index (χ4v) is 2.17. The molecule has 2 nitrogen and oxygen atoms in total. The molecule has 2 heterocycles. The third kappa shape index (κ3) is 2.87. The number of rotatable bonds is 4. The van der Waals surface area contributed by atoms with Crippen LogP contribution in [0.2, 0.25) is 0 Å². The number of pyridine rings is 1. The van der Waals surface area contributed by atoms with Crippen LogP contribution in [0.3, 0.4) is 0 Å². The second-order valence-corrected chi connectivity index (χ2v) is 4.37. The molecule has 1 unspecified atom stereocenters. The average molecular weight is 237 g/mol. The Bertz CT molecular complexity index is 427. The predicted molar refractivity (Wildman–Crippen MR) is 61.8 cm³/mol. The smallest absolute Gasteiger partial charge is 0.141 e. The Morgan fingerprint density at radius 1 is 1.38 bits per heavy atom. The van der Waals surface area contributed by atoms with E-state index in [9.17, 15) is 9.50 Å².